The van der Waals surface area contributed by atoms with Crippen LogP contribution in [0.25, 0.3) is 0 Å². The zero-order chi connectivity index (χ0) is 15.0. The van der Waals surface area contributed by atoms with Crippen molar-refractivity contribution >= 4 is 0 Å². The summed E-state index contributed by atoms with van der Waals surface area (Å²) in [6.45, 7) is 9.77. The standard InChI is InChI=1S/C18H22O2/c1-10-6-15(7-11(2)17(10)19)9-16-8-12(3)18(20)14(5)13(16)4/h6-8,19-20H,9H2,1-5H3. The number of benzene rings is 2. The molecule has 0 amide bonds. The molecule has 0 aliphatic carbocycles. The number of hydrogen-bond acceptors (Lipinski definition) is 2. The van der Waals surface area contributed by atoms with Gasteiger partial charge in [0.05, 0.1) is 0 Å². The Morgan fingerprint density at radius 1 is 0.700 bits per heavy atom. The number of phenols is 2. The van der Waals surface area contributed by atoms with E-state index in [-0.39, 0.29) is 0 Å². The minimum Gasteiger partial charge on any atom is -0.507 e. The molecule has 0 unspecified atom stereocenters. The number of aryl methyl sites for hydroxylation is 3. The molecule has 20 heavy (non-hydrogen) atoms. The first-order chi connectivity index (χ1) is 9.31. The number of rotatable bonds is 2. The fourth-order valence-electron chi connectivity index (χ4n) is 2.70. The summed E-state index contributed by atoms with van der Waals surface area (Å²) < 4.78 is 0. The van der Waals surface area contributed by atoms with E-state index in [9.17, 15) is 10.2 Å². The average Bonchev–Trinajstić information content (AvgIpc) is 2.39. The molecule has 0 aliphatic heterocycles. The van der Waals surface area contributed by atoms with Crippen molar-refractivity contribution < 1.29 is 10.2 Å². The SMILES string of the molecule is Cc1cc(Cc2cc(C)c(O)c(C)c2C)cc(C)c1O. The van der Waals surface area contributed by atoms with Gasteiger partial charge in [0.15, 0.2) is 0 Å². The lowest BCUT2D eigenvalue weighted by atomic mass is 9.93. The van der Waals surface area contributed by atoms with Crippen LogP contribution < -0.4 is 0 Å². The summed E-state index contributed by atoms with van der Waals surface area (Å²) >= 11 is 0. The Morgan fingerprint density at radius 2 is 1.20 bits per heavy atom. The van der Waals surface area contributed by atoms with Crippen LogP contribution >= 0.6 is 0 Å². The minimum absolute atomic E-state index is 0.378. The quantitative estimate of drug-likeness (QED) is 0.857. The molecule has 0 radical (unpaired) electrons. The van der Waals surface area contributed by atoms with Crippen LogP contribution in [0.1, 0.15) is 38.9 Å². The summed E-state index contributed by atoms with van der Waals surface area (Å²) in [4.78, 5) is 0. The maximum Gasteiger partial charge on any atom is 0.121 e. The van der Waals surface area contributed by atoms with Gasteiger partial charge in [-0.25, -0.2) is 0 Å². The topological polar surface area (TPSA) is 40.5 Å². The summed E-state index contributed by atoms with van der Waals surface area (Å²) in [6.07, 6.45) is 0.815. The van der Waals surface area contributed by atoms with Gasteiger partial charge in [-0.3, -0.25) is 0 Å². The first kappa shape index (κ1) is 14.4. The Morgan fingerprint density at radius 3 is 1.75 bits per heavy atom. The molecule has 2 rings (SSSR count). The molecule has 0 aromatic heterocycles. The molecule has 0 atom stereocenters. The van der Waals surface area contributed by atoms with Crippen molar-refractivity contribution in [3.8, 4) is 11.5 Å². The van der Waals surface area contributed by atoms with Gasteiger partial charge in [0.2, 0.25) is 0 Å². The second-order valence-electron chi connectivity index (χ2n) is 5.71. The van der Waals surface area contributed by atoms with Crippen molar-refractivity contribution in [2.75, 3.05) is 0 Å². The van der Waals surface area contributed by atoms with Gasteiger partial charge in [0, 0.05) is 0 Å². The third-order valence-corrected chi connectivity index (χ3v) is 4.11. The number of phenolic OH excluding ortho intramolecular Hbond substituents is 2. The lowest BCUT2D eigenvalue weighted by Crippen LogP contribution is -1.98. The van der Waals surface area contributed by atoms with E-state index in [1.165, 1.54) is 11.1 Å². The molecule has 0 spiro atoms. The van der Waals surface area contributed by atoms with E-state index < -0.39 is 0 Å². The first-order valence-corrected chi connectivity index (χ1v) is 6.89. The molecule has 2 heteroatoms. The van der Waals surface area contributed by atoms with E-state index in [1.807, 2.05) is 46.8 Å². The van der Waals surface area contributed by atoms with Crippen molar-refractivity contribution in [3.63, 3.8) is 0 Å². The smallest absolute Gasteiger partial charge is 0.121 e. The molecule has 2 aromatic rings. The lowest BCUT2D eigenvalue weighted by molar-refractivity contribution is 0.466. The van der Waals surface area contributed by atoms with Gasteiger partial charge in [0.1, 0.15) is 11.5 Å². The molecule has 0 heterocycles. The van der Waals surface area contributed by atoms with Gasteiger partial charge in [-0.05, 0) is 80.0 Å². The Labute approximate surface area is 120 Å². The fraction of sp³-hybridized carbons (Fsp3) is 0.333. The van der Waals surface area contributed by atoms with Gasteiger partial charge in [-0.15, -0.1) is 0 Å². The summed E-state index contributed by atoms with van der Waals surface area (Å²) in [6, 6.07) is 6.10. The molecule has 106 valence electrons. The highest BCUT2D eigenvalue weighted by molar-refractivity contribution is 5.50. The predicted molar refractivity (Wildman–Crippen MR) is 82.7 cm³/mol. The van der Waals surface area contributed by atoms with E-state index >= 15 is 0 Å². The van der Waals surface area contributed by atoms with Crippen molar-refractivity contribution in [2.24, 2.45) is 0 Å². The molecule has 2 N–H and O–H groups in total. The summed E-state index contributed by atoms with van der Waals surface area (Å²) in [5.41, 5.74) is 7.22. The molecule has 0 saturated carbocycles. The molecule has 2 aromatic carbocycles. The van der Waals surface area contributed by atoms with Crippen molar-refractivity contribution in [1.29, 1.82) is 0 Å². The second kappa shape index (κ2) is 5.20. The Bertz CT molecular complexity index is 647. The number of hydrogen-bond donors (Lipinski definition) is 2. The van der Waals surface area contributed by atoms with E-state index in [0.29, 0.717) is 11.5 Å². The number of aromatic hydroxyl groups is 2. The Balaban J connectivity index is 2.45. The van der Waals surface area contributed by atoms with Crippen molar-refractivity contribution in [2.45, 2.75) is 41.0 Å². The van der Waals surface area contributed by atoms with Crippen molar-refractivity contribution in [1.82, 2.24) is 0 Å². The normalized spacial score (nSPS) is 10.8. The largest absolute Gasteiger partial charge is 0.507 e. The third-order valence-electron chi connectivity index (χ3n) is 4.11. The lowest BCUT2D eigenvalue weighted by Gasteiger charge is -2.14. The van der Waals surface area contributed by atoms with Crippen LogP contribution in [0.4, 0.5) is 0 Å². The zero-order valence-electron chi connectivity index (χ0n) is 12.8. The fourth-order valence-corrected chi connectivity index (χ4v) is 2.70. The zero-order valence-corrected chi connectivity index (χ0v) is 12.8. The van der Waals surface area contributed by atoms with Gasteiger partial charge in [-0.2, -0.15) is 0 Å². The van der Waals surface area contributed by atoms with Crippen LogP contribution in [-0.2, 0) is 6.42 Å². The highest BCUT2D eigenvalue weighted by Crippen LogP contribution is 2.30. The van der Waals surface area contributed by atoms with Crippen LogP contribution in [0.15, 0.2) is 18.2 Å². The van der Waals surface area contributed by atoms with Gasteiger partial charge < -0.3 is 10.2 Å². The van der Waals surface area contributed by atoms with E-state index in [0.717, 1.165) is 34.2 Å². The van der Waals surface area contributed by atoms with Crippen LogP contribution in [0.3, 0.4) is 0 Å². The monoisotopic (exact) mass is 270 g/mol. The molecular formula is C18H22O2. The van der Waals surface area contributed by atoms with Crippen LogP contribution in [-0.4, -0.2) is 10.2 Å². The maximum absolute atomic E-state index is 9.97. The minimum atomic E-state index is 0.378. The van der Waals surface area contributed by atoms with Gasteiger partial charge in [0.25, 0.3) is 0 Å². The predicted octanol–water partition coefficient (Wildman–Crippen LogP) is 4.23. The van der Waals surface area contributed by atoms with Crippen LogP contribution in [0.5, 0.6) is 11.5 Å². The highest BCUT2D eigenvalue weighted by Gasteiger charge is 2.11. The van der Waals surface area contributed by atoms with Gasteiger partial charge >= 0.3 is 0 Å². The molecule has 0 bridgehead atoms. The highest BCUT2D eigenvalue weighted by atomic mass is 16.3. The van der Waals surface area contributed by atoms with E-state index in [4.69, 9.17) is 0 Å². The Hall–Kier alpha value is -1.96. The van der Waals surface area contributed by atoms with E-state index in [1.54, 1.807) is 0 Å². The molecule has 0 saturated heterocycles. The van der Waals surface area contributed by atoms with E-state index in [2.05, 4.69) is 6.07 Å². The average molecular weight is 270 g/mol. The molecule has 0 fully saturated rings. The Kier molecular flexibility index (Phi) is 3.76. The van der Waals surface area contributed by atoms with Crippen LogP contribution in [0, 0.1) is 34.6 Å². The molecule has 2 nitrogen and oxygen atoms in total. The second-order valence-corrected chi connectivity index (χ2v) is 5.71. The third kappa shape index (κ3) is 2.51. The summed E-state index contributed by atoms with van der Waals surface area (Å²) in [7, 11) is 0. The van der Waals surface area contributed by atoms with Gasteiger partial charge in [-0.1, -0.05) is 18.2 Å². The maximum atomic E-state index is 9.97. The summed E-state index contributed by atoms with van der Waals surface area (Å²) in [5, 5.41) is 19.8. The molecular weight excluding hydrogens is 248 g/mol. The summed E-state index contributed by atoms with van der Waals surface area (Å²) in [5.74, 6) is 0.771. The van der Waals surface area contributed by atoms with Crippen molar-refractivity contribution in [3.05, 3.63) is 57.1 Å². The first-order valence-electron chi connectivity index (χ1n) is 6.89. The molecule has 0 aliphatic rings. The van der Waals surface area contributed by atoms with Crippen LogP contribution in [0.2, 0.25) is 0 Å².